The van der Waals surface area contributed by atoms with Crippen molar-refractivity contribution in [3.63, 3.8) is 0 Å². The van der Waals surface area contributed by atoms with Crippen molar-refractivity contribution in [3.05, 3.63) is 42.6 Å². The topological polar surface area (TPSA) is 80.8 Å². The minimum absolute atomic E-state index is 0.387. The van der Waals surface area contributed by atoms with Gasteiger partial charge in [-0.2, -0.15) is 0 Å². The maximum atomic E-state index is 12.9. The quantitative estimate of drug-likeness (QED) is 0.863. The van der Waals surface area contributed by atoms with Gasteiger partial charge in [0, 0.05) is 18.4 Å². The number of amides is 2. The van der Waals surface area contributed by atoms with Gasteiger partial charge in [0.15, 0.2) is 11.6 Å². The Morgan fingerprint density at radius 1 is 1.32 bits per heavy atom. The third-order valence-electron chi connectivity index (χ3n) is 4.07. The van der Waals surface area contributed by atoms with Gasteiger partial charge in [0.05, 0.1) is 7.11 Å². The van der Waals surface area contributed by atoms with E-state index in [1.165, 1.54) is 11.8 Å². The van der Waals surface area contributed by atoms with Crippen LogP contribution < -0.4 is 19.7 Å². The van der Waals surface area contributed by atoms with Gasteiger partial charge in [-0.05, 0) is 50.2 Å². The minimum atomic E-state index is -1.67. The normalized spacial score (nSPS) is 19.0. The van der Waals surface area contributed by atoms with Gasteiger partial charge < -0.3 is 14.8 Å². The Bertz CT molecular complexity index is 806. The summed E-state index contributed by atoms with van der Waals surface area (Å²) in [5.41, 5.74) is -1.13. The van der Waals surface area contributed by atoms with E-state index < -0.39 is 17.4 Å². The highest BCUT2D eigenvalue weighted by Gasteiger charge is 2.50. The fourth-order valence-electron chi connectivity index (χ4n) is 2.64. The second-order valence-corrected chi connectivity index (χ2v) is 5.69. The second kappa shape index (κ2) is 6.43. The SMILES string of the molecule is CCN1C(=O)[C@](C)(C(=O)Nc2ccc(OC)cc2)Oc2cccnc21. The number of aromatic nitrogens is 1. The molecule has 0 unspecified atom stereocenters. The summed E-state index contributed by atoms with van der Waals surface area (Å²) < 4.78 is 10.8. The predicted molar refractivity (Wildman–Crippen MR) is 92.9 cm³/mol. The van der Waals surface area contributed by atoms with E-state index >= 15 is 0 Å². The van der Waals surface area contributed by atoms with Crippen LogP contribution in [-0.4, -0.2) is 36.1 Å². The Labute approximate surface area is 145 Å². The number of hydrogen-bond acceptors (Lipinski definition) is 5. The van der Waals surface area contributed by atoms with Crippen LogP contribution in [0.25, 0.3) is 0 Å². The number of nitrogens with zero attached hydrogens (tertiary/aromatic N) is 2. The molecule has 1 atom stereocenters. The van der Waals surface area contributed by atoms with Crippen LogP contribution in [-0.2, 0) is 9.59 Å². The number of benzene rings is 1. The standard InChI is InChI=1S/C18H19N3O4/c1-4-21-15-14(6-5-11-19-15)25-18(2,17(21)23)16(22)20-12-7-9-13(24-3)10-8-12/h5-11H,4H2,1-3H3,(H,20,22)/t18-/m0/s1. The third-order valence-corrected chi connectivity index (χ3v) is 4.07. The summed E-state index contributed by atoms with van der Waals surface area (Å²) in [6, 6.07) is 10.2. The van der Waals surface area contributed by atoms with Gasteiger partial charge in [-0.1, -0.05) is 0 Å². The van der Waals surface area contributed by atoms with Crippen molar-refractivity contribution in [2.45, 2.75) is 19.4 Å². The maximum absolute atomic E-state index is 12.9. The van der Waals surface area contributed by atoms with Crippen LogP contribution in [0.4, 0.5) is 11.5 Å². The van der Waals surface area contributed by atoms with Crippen molar-refractivity contribution in [1.82, 2.24) is 4.98 Å². The van der Waals surface area contributed by atoms with E-state index in [1.54, 1.807) is 49.7 Å². The summed E-state index contributed by atoms with van der Waals surface area (Å²) in [6.07, 6.45) is 1.58. The van der Waals surface area contributed by atoms with E-state index in [1.807, 2.05) is 6.92 Å². The lowest BCUT2D eigenvalue weighted by Crippen LogP contribution is -2.60. The fourth-order valence-corrected chi connectivity index (χ4v) is 2.64. The summed E-state index contributed by atoms with van der Waals surface area (Å²) in [5, 5.41) is 2.72. The summed E-state index contributed by atoms with van der Waals surface area (Å²) in [5.74, 6) is 0.496. The first-order valence-electron chi connectivity index (χ1n) is 7.91. The third kappa shape index (κ3) is 2.88. The Hall–Kier alpha value is -3.09. The predicted octanol–water partition coefficient (Wildman–Crippen LogP) is 2.23. The van der Waals surface area contributed by atoms with Crippen molar-refractivity contribution in [3.8, 4) is 11.5 Å². The smallest absolute Gasteiger partial charge is 0.282 e. The molecule has 1 aromatic heterocycles. The fraction of sp³-hybridized carbons (Fsp3) is 0.278. The van der Waals surface area contributed by atoms with E-state index in [-0.39, 0.29) is 0 Å². The molecule has 0 saturated heterocycles. The average molecular weight is 341 g/mol. The molecular formula is C18H19N3O4. The Balaban J connectivity index is 1.89. The molecule has 7 nitrogen and oxygen atoms in total. The minimum Gasteiger partial charge on any atom is -0.497 e. The van der Waals surface area contributed by atoms with Crippen LogP contribution in [0.15, 0.2) is 42.6 Å². The number of ether oxygens (including phenoxy) is 2. The summed E-state index contributed by atoms with van der Waals surface area (Å²) >= 11 is 0. The van der Waals surface area contributed by atoms with Crippen LogP contribution in [0, 0.1) is 0 Å². The van der Waals surface area contributed by atoms with Gasteiger partial charge >= 0.3 is 0 Å². The molecule has 25 heavy (non-hydrogen) atoms. The number of carbonyl (C=O) groups excluding carboxylic acids is 2. The number of methoxy groups -OCH3 is 1. The molecule has 1 aliphatic rings. The number of likely N-dealkylation sites (N-methyl/N-ethyl adjacent to an activating group) is 1. The molecule has 0 saturated carbocycles. The number of rotatable bonds is 4. The van der Waals surface area contributed by atoms with Crippen molar-refractivity contribution >= 4 is 23.3 Å². The van der Waals surface area contributed by atoms with Crippen molar-refractivity contribution < 1.29 is 19.1 Å². The highest BCUT2D eigenvalue weighted by Crippen LogP contribution is 2.36. The molecule has 3 rings (SSSR count). The van der Waals surface area contributed by atoms with Crippen LogP contribution in [0.3, 0.4) is 0 Å². The van der Waals surface area contributed by atoms with Gasteiger partial charge in [0.25, 0.3) is 17.4 Å². The Morgan fingerprint density at radius 2 is 2.04 bits per heavy atom. The zero-order valence-electron chi connectivity index (χ0n) is 14.3. The number of hydrogen-bond donors (Lipinski definition) is 1. The average Bonchev–Trinajstić information content (AvgIpc) is 2.63. The van der Waals surface area contributed by atoms with E-state index in [0.717, 1.165) is 0 Å². The number of anilines is 2. The van der Waals surface area contributed by atoms with Crippen molar-refractivity contribution in [1.29, 1.82) is 0 Å². The lowest BCUT2D eigenvalue weighted by Gasteiger charge is -2.38. The summed E-state index contributed by atoms with van der Waals surface area (Å²) in [4.78, 5) is 31.3. The van der Waals surface area contributed by atoms with E-state index in [9.17, 15) is 9.59 Å². The van der Waals surface area contributed by atoms with E-state index in [0.29, 0.717) is 29.5 Å². The van der Waals surface area contributed by atoms with Crippen molar-refractivity contribution in [2.75, 3.05) is 23.9 Å². The molecule has 0 bridgehead atoms. The maximum Gasteiger partial charge on any atom is 0.282 e. The van der Waals surface area contributed by atoms with Crippen LogP contribution in [0.1, 0.15) is 13.8 Å². The van der Waals surface area contributed by atoms with Crippen LogP contribution in [0.2, 0.25) is 0 Å². The van der Waals surface area contributed by atoms with Gasteiger partial charge in [-0.25, -0.2) is 4.98 Å². The molecule has 7 heteroatoms. The molecule has 2 heterocycles. The molecule has 2 amide bonds. The highest BCUT2D eigenvalue weighted by atomic mass is 16.5. The monoisotopic (exact) mass is 341 g/mol. The van der Waals surface area contributed by atoms with Crippen LogP contribution >= 0.6 is 0 Å². The zero-order valence-corrected chi connectivity index (χ0v) is 14.3. The first-order valence-corrected chi connectivity index (χ1v) is 7.91. The summed E-state index contributed by atoms with van der Waals surface area (Å²) in [6.45, 7) is 3.67. The lowest BCUT2D eigenvalue weighted by molar-refractivity contribution is -0.145. The molecule has 1 N–H and O–H groups in total. The van der Waals surface area contributed by atoms with E-state index in [2.05, 4.69) is 10.3 Å². The molecule has 0 aliphatic carbocycles. The molecule has 0 radical (unpaired) electrons. The number of carbonyl (C=O) groups is 2. The second-order valence-electron chi connectivity index (χ2n) is 5.69. The number of nitrogens with one attached hydrogen (secondary N) is 1. The largest absolute Gasteiger partial charge is 0.497 e. The first-order chi connectivity index (χ1) is 12.0. The van der Waals surface area contributed by atoms with Gasteiger partial charge in [-0.3, -0.25) is 14.5 Å². The van der Waals surface area contributed by atoms with Crippen molar-refractivity contribution in [2.24, 2.45) is 0 Å². The zero-order chi connectivity index (χ0) is 18.0. The number of fused-ring (bicyclic) bond motifs is 1. The van der Waals surface area contributed by atoms with E-state index in [4.69, 9.17) is 9.47 Å². The lowest BCUT2D eigenvalue weighted by atomic mass is 10.0. The molecule has 2 aromatic rings. The first kappa shape index (κ1) is 16.8. The highest BCUT2D eigenvalue weighted by molar-refractivity contribution is 6.19. The number of pyridine rings is 1. The summed E-state index contributed by atoms with van der Waals surface area (Å²) in [7, 11) is 1.56. The Morgan fingerprint density at radius 3 is 2.68 bits per heavy atom. The van der Waals surface area contributed by atoms with Gasteiger partial charge in [-0.15, -0.1) is 0 Å². The molecule has 1 aromatic carbocycles. The molecule has 0 fully saturated rings. The molecule has 1 aliphatic heterocycles. The molecule has 0 spiro atoms. The van der Waals surface area contributed by atoms with Gasteiger partial charge in [0.2, 0.25) is 0 Å². The van der Waals surface area contributed by atoms with Crippen LogP contribution in [0.5, 0.6) is 11.5 Å². The molecule has 130 valence electrons. The van der Waals surface area contributed by atoms with Gasteiger partial charge in [0.1, 0.15) is 5.75 Å². The molecular weight excluding hydrogens is 322 g/mol. The Kier molecular flexibility index (Phi) is 4.31.